The third kappa shape index (κ3) is 8.40. The van der Waals surface area contributed by atoms with E-state index in [4.69, 9.17) is 16.3 Å². The summed E-state index contributed by atoms with van der Waals surface area (Å²) >= 11 is 7.63. The highest BCUT2D eigenvalue weighted by Gasteiger charge is 2.28. The first kappa shape index (κ1) is 26.1. The first-order valence-corrected chi connectivity index (χ1v) is 12.4. The van der Waals surface area contributed by atoms with Crippen LogP contribution in [-0.2, 0) is 16.1 Å². The Morgan fingerprint density at radius 3 is 2.56 bits per heavy atom. The number of benzene rings is 2. The molecule has 0 aromatic heterocycles. The maximum Gasteiger partial charge on any atom is 0.242 e. The summed E-state index contributed by atoms with van der Waals surface area (Å²) in [5.74, 6) is 1.45. The Morgan fingerprint density at radius 1 is 1.16 bits per heavy atom. The molecule has 2 rings (SSSR count). The van der Waals surface area contributed by atoms with E-state index in [0.717, 1.165) is 34.8 Å². The second-order valence-electron chi connectivity index (χ2n) is 7.49. The van der Waals surface area contributed by atoms with E-state index in [2.05, 4.69) is 5.32 Å². The standard InChI is InChI=1S/C25H33ClN2O3S/c1-4-15-27-25(30)23(5-2)28(18-19-8-6-9-21(17-19)31-3)24(29)10-7-16-32-22-13-11-20(26)12-14-22/h6,8-9,11-14,17,23H,4-5,7,10,15-16,18H2,1-3H3,(H,27,30). The van der Waals surface area contributed by atoms with Crippen LogP contribution < -0.4 is 10.1 Å². The molecule has 2 aromatic rings. The molecule has 0 bridgehead atoms. The Kier molecular flexibility index (Phi) is 11.5. The van der Waals surface area contributed by atoms with Gasteiger partial charge in [-0.3, -0.25) is 9.59 Å². The fourth-order valence-corrected chi connectivity index (χ4v) is 4.32. The summed E-state index contributed by atoms with van der Waals surface area (Å²) in [7, 11) is 1.62. The van der Waals surface area contributed by atoms with Crippen LogP contribution in [0.15, 0.2) is 53.4 Å². The summed E-state index contributed by atoms with van der Waals surface area (Å²) < 4.78 is 5.32. The van der Waals surface area contributed by atoms with Crippen LogP contribution in [0, 0.1) is 0 Å². The monoisotopic (exact) mass is 476 g/mol. The Hall–Kier alpha value is -2.18. The van der Waals surface area contributed by atoms with Gasteiger partial charge in [-0.1, -0.05) is 37.6 Å². The summed E-state index contributed by atoms with van der Waals surface area (Å²) in [6.07, 6.45) is 2.54. The van der Waals surface area contributed by atoms with Gasteiger partial charge in [0.15, 0.2) is 0 Å². The quantitative estimate of drug-likeness (QED) is 0.304. The minimum atomic E-state index is -0.496. The van der Waals surface area contributed by atoms with E-state index in [9.17, 15) is 9.59 Å². The Labute approximate surface area is 200 Å². The van der Waals surface area contributed by atoms with Crippen molar-refractivity contribution < 1.29 is 14.3 Å². The van der Waals surface area contributed by atoms with Gasteiger partial charge in [0, 0.05) is 29.4 Å². The number of rotatable bonds is 13. The number of thioether (sulfide) groups is 1. The second-order valence-corrected chi connectivity index (χ2v) is 9.10. The second kappa shape index (κ2) is 14.1. The Bertz CT molecular complexity index is 861. The molecule has 0 heterocycles. The van der Waals surface area contributed by atoms with E-state index in [1.165, 1.54) is 0 Å². The molecular formula is C25H33ClN2O3S. The SMILES string of the molecule is CCCNC(=O)C(CC)N(Cc1cccc(OC)c1)C(=O)CCCSc1ccc(Cl)cc1. The van der Waals surface area contributed by atoms with Crippen molar-refractivity contribution in [2.24, 2.45) is 0 Å². The molecule has 5 nitrogen and oxygen atoms in total. The van der Waals surface area contributed by atoms with Gasteiger partial charge in [0.2, 0.25) is 11.8 Å². The van der Waals surface area contributed by atoms with E-state index >= 15 is 0 Å². The highest BCUT2D eigenvalue weighted by atomic mass is 35.5. The van der Waals surface area contributed by atoms with Gasteiger partial charge in [0.05, 0.1) is 7.11 Å². The summed E-state index contributed by atoms with van der Waals surface area (Å²) in [5.41, 5.74) is 0.940. The van der Waals surface area contributed by atoms with Crippen LogP contribution in [0.2, 0.25) is 5.02 Å². The van der Waals surface area contributed by atoms with Gasteiger partial charge < -0.3 is 15.0 Å². The van der Waals surface area contributed by atoms with E-state index in [1.807, 2.05) is 62.4 Å². The predicted octanol–water partition coefficient (Wildman–Crippen LogP) is 5.55. The molecule has 0 aliphatic carbocycles. The van der Waals surface area contributed by atoms with Crippen molar-refractivity contribution in [3.05, 3.63) is 59.1 Å². The van der Waals surface area contributed by atoms with E-state index in [-0.39, 0.29) is 11.8 Å². The van der Waals surface area contributed by atoms with Crippen LogP contribution >= 0.6 is 23.4 Å². The number of amides is 2. The number of nitrogens with zero attached hydrogens (tertiary/aromatic N) is 1. The maximum atomic E-state index is 13.2. The molecule has 0 aliphatic heterocycles. The Morgan fingerprint density at radius 2 is 1.91 bits per heavy atom. The van der Waals surface area contributed by atoms with Gasteiger partial charge in [-0.2, -0.15) is 0 Å². The number of ether oxygens (including phenoxy) is 1. The molecule has 0 saturated carbocycles. The molecule has 1 N–H and O–H groups in total. The zero-order valence-corrected chi connectivity index (χ0v) is 20.7. The van der Waals surface area contributed by atoms with Crippen LogP contribution in [0.5, 0.6) is 5.75 Å². The van der Waals surface area contributed by atoms with Crippen molar-refractivity contribution in [3.63, 3.8) is 0 Å². The van der Waals surface area contributed by atoms with Gasteiger partial charge in [0.1, 0.15) is 11.8 Å². The molecular weight excluding hydrogens is 444 g/mol. The van der Waals surface area contributed by atoms with Gasteiger partial charge in [0.25, 0.3) is 0 Å². The minimum Gasteiger partial charge on any atom is -0.497 e. The molecule has 1 unspecified atom stereocenters. The van der Waals surface area contributed by atoms with Crippen molar-refractivity contribution in [2.75, 3.05) is 19.4 Å². The summed E-state index contributed by atoms with van der Waals surface area (Å²) in [6, 6.07) is 14.8. The lowest BCUT2D eigenvalue weighted by Crippen LogP contribution is -2.49. The van der Waals surface area contributed by atoms with Gasteiger partial charge in [-0.15, -0.1) is 11.8 Å². The molecule has 0 radical (unpaired) electrons. The molecule has 0 aliphatic rings. The van der Waals surface area contributed by atoms with Crippen LogP contribution in [0.3, 0.4) is 0 Å². The molecule has 7 heteroatoms. The summed E-state index contributed by atoms with van der Waals surface area (Å²) in [6.45, 7) is 4.93. The number of carbonyl (C=O) groups is 2. The molecule has 174 valence electrons. The normalized spacial score (nSPS) is 11.6. The third-order valence-electron chi connectivity index (χ3n) is 5.04. The van der Waals surface area contributed by atoms with E-state index in [0.29, 0.717) is 31.0 Å². The molecule has 32 heavy (non-hydrogen) atoms. The molecule has 1 atom stereocenters. The fourth-order valence-electron chi connectivity index (χ4n) is 3.34. The zero-order chi connectivity index (χ0) is 23.3. The topological polar surface area (TPSA) is 58.6 Å². The highest BCUT2D eigenvalue weighted by Crippen LogP contribution is 2.23. The average molecular weight is 477 g/mol. The first-order valence-electron chi connectivity index (χ1n) is 11.1. The van der Waals surface area contributed by atoms with Gasteiger partial charge >= 0.3 is 0 Å². The van der Waals surface area contributed by atoms with Crippen LogP contribution in [0.25, 0.3) is 0 Å². The average Bonchev–Trinajstić information content (AvgIpc) is 2.81. The molecule has 2 amide bonds. The summed E-state index contributed by atoms with van der Waals surface area (Å²) in [4.78, 5) is 28.9. The van der Waals surface area contributed by atoms with Crippen LogP contribution in [0.4, 0.5) is 0 Å². The van der Waals surface area contributed by atoms with Crippen molar-refractivity contribution in [2.45, 2.75) is 57.0 Å². The number of nitrogens with one attached hydrogen (secondary N) is 1. The Balaban J connectivity index is 2.06. The van der Waals surface area contributed by atoms with E-state index < -0.39 is 6.04 Å². The molecule has 0 fully saturated rings. The lowest BCUT2D eigenvalue weighted by atomic mass is 10.1. The molecule has 2 aromatic carbocycles. The largest absolute Gasteiger partial charge is 0.497 e. The summed E-state index contributed by atoms with van der Waals surface area (Å²) in [5, 5.41) is 3.66. The fraction of sp³-hybridized carbons (Fsp3) is 0.440. The van der Waals surface area contributed by atoms with Crippen molar-refractivity contribution in [3.8, 4) is 5.75 Å². The number of halogens is 1. The van der Waals surface area contributed by atoms with E-state index in [1.54, 1.807) is 23.8 Å². The highest BCUT2D eigenvalue weighted by molar-refractivity contribution is 7.99. The van der Waals surface area contributed by atoms with Crippen molar-refractivity contribution in [1.82, 2.24) is 10.2 Å². The predicted molar refractivity (Wildman–Crippen MR) is 132 cm³/mol. The zero-order valence-electron chi connectivity index (χ0n) is 19.1. The number of carbonyl (C=O) groups excluding carboxylic acids is 2. The minimum absolute atomic E-state index is 0.0111. The maximum absolute atomic E-state index is 13.2. The van der Waals surface area contributed by atoms with Crippen molar-refractivity contribution in [1.29, 1.82) is 0 Å². The molecule has 0 saturated heterocycles. The molecule has 0 spiro atoms. The van der Waals surface area contributed by atoms with Crippen LogP contribution in [0.1, 0.15) is 45.1 Å². The van der Waals surface area contributed by atoms with Crippen molar-refractivity contribution >= 4 is 35.2 Å². The number of hydrogen-bond donors (Lipinski definition) is 1. The van der Waals surface area contributed by atoms with Crippen LogP contribution in [-0.4, -0.2) is 42.2 Å². The lowest BCUT2D eigenvalue weighted by molar-refractivity contribution is -0.141. The van der Waals surface area contributed by atoms with Gasteiger partial charge in [-0.25, -0.2) is 0 Å². The first-order chi connectivity index (χ1) is 15.5. The smallest absolute Gasteiger partial charge is 0.242 e. The lowest BCUT2D eigenvalue weighted by Gasteiger charge is -2.31. The third-order valence-corrected chi connectivity index (χ3v) is 6.39. The number of hydrogen-bond acceptors (Lipinski definition) is 4. The van der Waals surface area contributed by atoms with Gasteiger partial charge in [-0.05, 0) is 67.0 Å². The number of methoxy groups -OCH3 is 1.